The predicted octanol–water partition coefficient (Wildman–Crippen LogP) is 2.90. The lowest BCUT2D eigenvalue weighted by Crippen LogP contribution is -2.37. The zero-order valence-corrected chi connectivity index (χ0v) is 10.4. The van der Waals surface area contributed by atoms with Gasteiger partial charge in [0.1, 0.15) is 5.82 Å². The van der Waals surface area contributed by atoms with Crippen LogP contribution in [0.5, 0.6) is 0 Å². The first-order valence-corrected chi connectivity index (χ1v) is 5.48. The molecule has 0 fully saturated rings. The average Bonchev–Trinajstić information content (AvgIpc) is 2.26. The van der Waals surface area contributed by atoms with Crippen LogP contribution in [0.15, 0.2) is 24.3 Å². The minimum atomic E-state index is -0.207. The van der Waals surface area contributed by atoms with Gasteiger partial charge >= 0.3 is 0 Å². The van der Waals surface area contributed by atoms with Gasteiger partial charge in [0.15, 0.2) is 0 Å². The average molecular weight is 225 g/mol. The van der Waals surface area contributed by atoms with Crippen LogP contribution in [0, 0.1) is 5.82 Å². The van der Waals surface area contributed by atoms with Gasteiger partial charge in [-0.25, -0.2) is 4.39 Å². The number of ether oxygens (including phenoxy) is 1. The number of hydrogen-bond donors (Lipinski definition) is 1. The lowest BCUT2D eigenvalue weighted by molar-refractivity contribution is 0.0214. The third-order valence-corrected chi connectivity index (χ3v) is 2.74. The van der Waals surface area contributed by atoms with Crippen molar-refractivity contribution in [3.63, 3.8) is 0 Å². The van der Waals surface area contributed by atoms with Gasteiger partial charge in [-0.2, -0.15) is 0 Å². The van der Waals surface area contributed by atoms with Crippen LogP contribution in [0.3, 0.4) is 0 Å². The van der Waals surface area contributed by atoms with E-state index < -0.39 is 0 Å². The zero-order chi connectivity index (χ0) is 12.2. The molecule has 90 valence electrons. The second-order valence-corrected chi connectivity index (χ2v) is 4.62. The maximum atomic E-state index is 13.0. The normalized spacial score (nSPS) is 13.8. The van der Waals surface area contributed by atoms with Crippen LogP contribution >= 0.6 is 0 Å². The number of halogens is 1. The van der Waals surface area contributed by atoms with Crippen LogP contribution < -0.4 is 5.32 Å². The lowest BCUT2D eigenvalue weighted by Gasteiger charge is -2.26. The molecule has 16 heavy (non-hydrogen) atoms. The highest BCUT2D eigenvalue weighted by molar-refractivity contribution is 5.19. The molecule has 1 unspecified atom stereocenters. The molecule has 0 radical (unpaired) electrons. The van der Waals surface area contributed by atoms with Crippen molar-refractivity contribution in [3.05, 3.63) is 35.6 Å². The first-order chi connectivity index (χ1) is 7.44. The van der Waals surface area contributed by atoms with E-state index in [1.54, 1.807) is 19.2 Å². The molecule has 1 rings (SSSR count). The van der Waals surface area contributed by atoms with E-state index in [4.69, 9.17) is 4.74 Å². The van der Waals surface area contributed by atoms with Gasteiger partial charge in [-0.05, 0) is 38.5 Å². The van der Waals surface area contributed by atoms with Crippen molar-refractivity contribution in [1.82, 2.24) is 5.32 Å². The summed E-state index contributed by atoms with van der Waals surface area (Å²) >= 11 is 0. The number of benzene rings is 1. The van der Waals surface area contributed by atoms with E-state index in [1.165, 1.54) is 6.07 Å². The Morgan fingerprint density at radius 3 is 2.69 bits per heavy atom. The quantitative estimate of drug-likeness (QED) is 0.832. The van der Waals surface area contributed by atoms with Gasteiger partial charge in [0.25, 0.3) is 0 Å². The number of hydrogen-bond acceptors (Lipinski definition) is 2. The molecule has 0 bridgehead atoms. The Labute approximate surface area is 96.8 Å². The Hall–Kier alpha value is -0.930. The molecule has 3 heteroatoms. The van der Waals surface area contributed by atoms with Gasteiger partial charge in [-0.15, -0.1) is 0 Å². The fourth-order valence-corrected chi connectivity index (χ4v) is 1.36. The van der Waals surface area contributed by atoms with Crippen molar-refractivity contribution in [2.75, 3.05) is 13.7 Å². The van der Waals surface area contributed by atoms with Crippen LogP contribution in [0.1, 0.15) is 32.4 Å². The van der Waals surface area contributed by atoms with Gasteiger partial charge in [-0.1, -0.05) is 12.1 Å². The molecule has 0 aliphatic heterocycles. The van der Waals surface area contributed by atoms with E-state index in [-0.39, 0.29) is 17.5 Å². The summed E-state index contributed by atoms with van der Waals surface area (Å²) in [7, 11) is 1.69. The fourth-order valence-electron chi connectivity index (χ4n) is 1.36. The molecule has 1 N–H and O–H groups in total. The summed E-state index contributed by atoms with van der Waals surface area (Å²) in [5.74, 6) is -0.197. The Kier molecular flexibility index (Phi) is 4.44. The third kappa shape index (κ3) is 3.91. The maximum absolute atomic E-state index is 13.0. The van der Waals surface area contributed by atoms with Crippen LogP contribution in [0.25, 0.3) is 0 Å². The lowest BCUT2D eigenvalue weighted by atomic mass is 10.1. The van der Waals surface area contributed by atoms with E-state index in [0.717, 1.165) is 12.1 Å². The summed E-state index contributed by atoms with van der Waals surface area (Å²) in [6, 6.07) is 6.77. The second-order valence-electron chi connectivity index (χ2n) is 4.62. The predicted molar refractivity (Wildman–Crippen MR) is 63.9 cm³/mol. The molecule has 0 aliphatic carbocycles. The van der Waals surface area contributed by atoms with Crippen LogP contribution in [-0.4, -0.2) is 19.3 Å². The van der Waals surface area contributed by atoms with Gasteiger partial charge in [-0.3, -0.25) is 0 Å². The Bertz CT molecular complexity index is 338. The minimum Gasteiger partial charge on any atom is -0.377 e. The zero-order valence-electron chi connectivity index (χ0n) is 10.4. The van der Waals surface area contributed by atoms with Crippen molar-refractivity contribution in [1.29, 1.82) is 0 Å². The highest BCUT2D eigenvalue weighted by atomic mass is 19.1. The van der Waals surface area contributed by atoms with Gasteiger partial charge in [0, 0.05) is 19.7 Å². The smallest absolute Gasteiger partial charge is 0.123 e. The molecule has 0 amide bonds. The van der Waals surface area contributed by atoms with Crippen molar-refractivity contribution in [2.24, 2.45) is 0 Å². The topological polar surface area (TPSA) is 21.3 Å². The minimum absolute atomic E-state index is 0.116. The molecular weight excluding hydrogens is 205 g/mol. The first-order valence-electron chi connectivity index (χ1n) is 5.48. The van der Waals surface area contributed by atoms with E-state index in [9.17, 15) is 4.39 Å². The van der Waals surface area contributed by atoms with E-state index in [1.807, 2.05) is 26.8 Å². The summed E-state index contributed by atoms with van der Waals surface area (Å²) in [4.78, 5) is 0. The van der Waals surface area contributed by atoms with E-state index in [2.05, 4.69) is 5.32 Å². The fraction of sp³-hybridized carbons (Fsp3) is 0.538. The van der Waals surface area contributed by atoms with Crippen molar-refractivity contribution in [3.8, 4) is 0 Å². The first kappa shape index (κ1) is 13.1. The van der Waals surface area contributed by atoms with Gasteiger partial charge in [0.2, 0.25) is 0 Å². The summed E-state index contributed by atoms with van der Waals surface area (Å²) in [6.07, 6.45) is 0. The molecule has 1 aromatic rings. The summed E-state index contributed by atoms with van der Waals surface area (Å²) in [5, 5.41) is 3.33. The Morgan fingerprint density at radius 1 is 1.44 bits per heavy atom. The highest BCUT2D eigenvalue weighted by Crippen LogP contribution is 2.15. The highest BCUT2D eigenvalue weighted by Gasteiger charge is 2.17. The molecule has 0 saturated heterocycles. The van der Waals surface area contributed by atoms with E-state index in [0.29, 0.717) is 0 Å². The van der Waals surface area contributed by atoms with Gasteiger partial charge in [0.05, 0.1) is 5.60 Å². The molecular formula is C13H20FNO. The van der Waals surface area contributed by atoms with Gasteiger partial charge < -0.3 is 10.1 Å². The van der Waals surface area contributed by atoms with Crippen LogP contribution in [-0.2, 0) is 4.74 Å². The van der Waals surface area contributed by atoms with Crippen LogP contribution in [0.2, 0.25) is 0 Å². The van der Waals surface area contributed by atoms with Crippen molar-refractivity contribution >= 4 is 0 Å². The Balaban J connectivity index is 2.56. The second kappa shape index (κ2) is 5.41. The summed E-state index contributed by atoms with van der Waals surface area (Å²) < 4.78 is 18.3. The molecule has 0 saturated carbocycles. The third-order valence-electron chi connectivity index (χ3n) is 2.74. The van der Waals surface area contributed by atoms with E-state index >= 15 is 0 Å². The molecule has 1 aromatic carbocycles. The standard InChI is InChI=1S/C13H20FNO/c1-10(15-9-13(2,3)16-4)11-6-5-7-12(14)8-11/h5-8,10,15H,9H2,1-4H3. The molecule has 0 spiro atoms. The van der Waals surface area contributed by atoms with Crippen molar-refractivity contribution in [2.45, 2.75) is 32.4 Å². The maximum Gasteiger partial charge on any atom is 0.123 e. The number of methoxy groups -OCH3 is 1. The molecule has 2 nitrogen and oxygen atoms in total. The largest absolute Gasteiger partial charge is 0.377 e. The molecule has 0 heterocycles. The Morgan fingerprint density at radius 2 is 2.12 bits per heavy atom. The molecule has 0 aromatic heterocycles. The number of nitrogens with one attached hydrogen (secondary N) is 1. The summed E-state index contributed by atoms with van der Waals surface area (Å²) in [5.41, 5.74) is 0.744. The molecule has 1 atom stereocenters. The summed E-state index contributed by atoms with van der Waals surface area (Å²) in [6.45, 7) is 6.76. The van der Waals surface area contributed by atoms with Crippen molar-refractivity contribution < 1.29 is 9.13 Å². The monoisotopic (exact) mass is 225 g/mol. The molecule has 0 aliphatic rings. The van der Waals surface area contributed by atoms with Crippen LogP contribution in [0.4, 0.5) is 4.39 Å². The number of rotatable bonds is 5. The SMILES string of the molecule is COC(C)(C)CNC(C)c1cccc(F)c1.